The van der Waals surface area contributed by atoms with Crippen LogP contribution in [0, 0.1) is 5.41 Å². The molecule has 0 spiro atoms. The van der Waals surface area contributed by atoms with Crippen LogP contribution in [-0.2, 0) is 17.7 Å². The summed E-state index contributed by atoms with van der Waals surface area (Å²) < 4.78 is 7.77. The van der Waals surface area contributed by atoms with E-state index in [2.05, 4.69) is 41.5 Å². The molecule has 0 aliphatic rings. The van der Waals surface area contributed by atoms with Crippen molar-refractivity contribution >= 4 is 17.2 Å². The van der Waals surface area contributed by atoms with Crippen molar-refractivity contribution in [3.8, 4) is 0 Å². The Balaban J connectivity index is 3.21. The minimum atomic E-state index is -0.189. The molecule has 0 aromatic carbocycles. The number of halogens is 1. The summed E-state index contributed by atoms with van der Waals surface area (Å²) in [6.45, 7) is 17.8. The smallest absolute Gasteiger partial charge is 0.254 e. The first kappa shape index (κ1) is 26.6. The molecule has 0 amide bonds. The summed E-state index contributed by atoms with van der Waals surface area (Å²) in [6, 6.07) is 1.63. The largest absolute Gasteiger partial charge is 0.374 e. The second-order valence-corrected chi connectivity index (χ2v) is 10.5. The summed E-state index contributed by atoms with van der Waals surface area (Å²) in [5.74, 6) is 0.823. The van der Waals surface area contributed by atoms with Gasteiger partial charge in [-0.2, -0.15) is 0 Å². The second-order valence-electron chi connectivity index (χ2n) is 9.73. The van der Waals surface area contributed by atoms with Crippen LogP contribution < -0.4 is 5.56 Å². The number of rotatable bonds is 11. The van der Waals surface area contributed by atoms with E-state index < -0.39 is 0 Å². The van der Waals surface area contributed by atoms with Crippen molar-refractivity contribution in [3.05, 3.63) is 46.2 Å². The zero-order valence-electron chi connectivity index (χ0n) is 20.2. The molecular formula is C25H41ClN2O2. The highest BCUT2D eigenvalue weighted by Gasteiger charge is 2.18. The minimum absolute atomic E-state index is 0.0275. The molecule has 1 heterocycles. The molecule has 0 aliphatic heterocycles. The van der Waals surface area contributed by atoms with E-state index in [-0.39, 0.29) is 22.0 Å². The first-order valence-electron chi connectivity index (χ1n) is 11.1. The molecule has 0 bridgehead atoms. The van der Waals surface area contributed by atoms with Crippen LogP contribution in [0.4, 0.5) is 0 Å². The summed E-state index contributed by atoms with van der Waals surface area (Å²) in [7, 11) is 0. The van der Waals surface area contributed by atoms with Crippen LogP contribution in [0.1, 0.15) is 86.2 Å². The Morgan fingerprint density at radius 3 is 2.50 bits per heavy atom. The minimum Gasteiger partial charge on any atom is -0.374 e. The average molecular weight is 437 g/mol. The molecule has 0 saturated carbocycles. The van der Waals surface area contributed by atoms with Gasteiger partial charge < -0.3 is 4.74 Å². The monoisotopic (exact) mass is 436 g/mol. The Labute approximate surface area is 188 Å². The van der Waals surface area contributed by atoms with Crippen molar-refractivity contribution in [2.75, 3.05) is 6.61 Å². The van der Waals surface area contributed by atoms with Crippen molar-refractivity contribution in [2.45, 2.75) is 98.6 Å². The third-order valence-electron chi connectivity index (χ3n) is 5.21. The molecule has 0 fully saturated rings. The fourth-order valence-corrected chi connectivity index (χ4v) is 2.95. The number of allylic oxidation sites excluding steroid dienone is 4. The van der Waals surface area contributed by atoms with Gasteiger partial charge in [0.25, 0.3) is 5.56 Å². The maximum Gasteiger partial charge on any atom is 0.254 e. The maximum atomic E-state index is 13.0. The molecule has 170 valence electrons. The summed E-state index contributed by atoms with van der Waals surface area (Å²) in [5, 5.41) is 0.0787. The Morgan fingerprint density at radius 1 is 1.30 bits per heavy atom. The lowest BCUT2D eigenvalue weighted by Crippen LogP contribution is -2.31. The molecule has 5 heteroatoms. The van der Waals surface area contributed by atoms with Crippen molar-refractivity contribution in [1.82, 2.24) is 9.55 Å². The molecule has 0 N–H and O–H groups in total. The summed E-state index contributed by atoms with van der Waals surface area (Å²) >= 11 is 6.04. The first-order chi connectivity index (χ1) is 13.9. The third kappa shape index (κ3) is 9.61. The normalized spacial score (nSPS) is 14.5. The van der Waals surface area contributed by atoms with Gasteiger partial charge in [0.15, 0.2) is 0 Å². The SMILES string of the molecule is C/C=C(\C=CCC(C)Cl)c1cc(=O)n(CCOC(C)(C)CC)c(CCC(C)(C)C)n1. The van der Waals surface area contributed by atoms with Crippen LogP contribution >= 0.6 is 11.6 Å². The van der Waals surface area contributed by atoms with Crippen LogP contribution in [-0.4, -0.2) is 27.1 Å². The standard InChI is InChI=1S/C25H41ClN2O2/c1-9-20(13-11-12-19(3)26)21-18-23(29)28(16-17-30-25(7,8)10-2)22(27-21)14-15-24(4,5)6/h9,11,13,18-19H,10,12,14-17H2,1-8H3/b13-11?,20-9+. The molecule has 1 rings (SSSR count). The van der Waals surface area contributed by atoms with E-state index >= 15 is 0 Å². The summed E-state index contributed by atoms with van der Waals surface area (Å²) in [6.07, 6.45) is 9.44. The Bertz CT molecular complexity index is 783. The second kappa shape index (κ2) is 11.9. The van der Waals surface area contributed by atoms with Gasteiger partial charge in [0.1, 0.15) is 5.82 Å². The van der Waals surface area contributed by atoms with Crippen molar-refractivity contribution in [2.24, 2.45) is 5.41 Å². The number of aryl methyl sites for hydroxylation is 1. The first-order valence-corrected chi connectivity index (χ1v) is 11.5. The van der Waals surface area contributed by atoms with Gasteiger partial charge in [0, 0.05) is 17.9 Å². The van der Waals surface area contributed by atoms with Gasteiger partial charge in [-0.15, -0.1) is 11.6 Å². The fraction of sp³-hybridized carbons (Fsp3) is 0.680. The molecule has 0 radical (unpaired) electrons. The van der Waals surface area contributed by atoms with E-state index in [0.29, 0.717) is 13.2 Å². The van der Waals surface area contributed by atoms with Gasteiger partial charge in [0.05, 0.1) is 24.4 Å². The van der Waals surface area contributed by atoms with Crippen molar-refractivity contribution < 1.29 is 4.74 Å². The number of nitrogens with zero attached hydrogens (tertiary/aromatic N) is 2. The van der Waals surface area contributed by atoms with E-state index in [9.17, 15) is 4.79 Å². The molecule has 1 aromatic rings. The average Bonchev–Trinajstić information content (AvgIpc) is 2.64. The highest BCUT2D eigenvalue weighted by molar-refractivity contribution is 6.20. The van der Waals surface area contributed by atoms with E-state index in [1.54, 1.807) is 10.6 Å². The van der Waals surface area contributed by atoms with Gasteiger partial charge >= 0.3 is 0 Å². The van der Waals surface area contributed by atoms with Crippen molar-refractivity contribution in [1.29, 1.82) is 0 Å². The van der Waals surface area contributed by atoms with Crippen LogP contribution in [0.15, 0.2) is 29.1 Å². The number of hydrogen-bond acceptors (Lipinski definition) is 3. The maximum absolute atomic E-state index is 13.0. The van der Waals surface area contributed by atoms with E-state index in [1.807, 2.05) is 32.1 Å². The highest BCUT2D eigenvalue weighted by atomic mass is 35.5. The van der Waals surface area contributed by atoms with Crippen LogP contribution in [0.5, 0.6) is 0 Å². The Kier molecular flexibility index (Phi) is 10.5. The highest BCUT2D eigenvalue weighted by Crippen LogP contribution is 2.22. The van der Waals surface area contributed by atoms with Gasteiger partial charge in [-0.05, 0) is 57.9 Å². The third-order valence-corrected chi connectivity index (χ3v) is 5.39. The Morgan fingerprint density at radius 2 is 1.97 bits per heavy atom. The summed E-state index contributed by atoms with van der Waals surface area (Å²) in [5.41, 5.74) is 1.61. The lowest BCUT2D eigenvalue weighted by atomic mass is 9.90. The molecule has 0 saturated heterocycles. The predicted molar refractivity (Wildman–Crippen MR) is 129 cm³/mol. The van der Waals surface area contributed by atoms with E-state index in [4.69, 9.17) is 21.3 Å². The topological polar surface area (TPSA) is 44.1 Å². The molecule has 4 nitrogen and oxygen atoms in total. The molecule has 0 aliphatic carbocycles. The van der Waals surface area contributed by atoms with E-state index in [0.717, 1.165) is 42.8 Å². The number of ether oxygens (including phenoxy) is 1. The van der Waals surface area contributed by atoms with Gasteiger partial charge in [-0.25, -0.2) is 4.98 Å². The zero-order chi connectivity index (χ0) is 22.9. The lowest BCUT2D eigenvalue weighted by Gasteiger charge is -2.24. The number of alkyl halides is 1. The Hall–Kier alpha value is -1.39. The molecular weight excluding hydrogens is 396 g/mol. The number of hydrogen-bond donors (Lipinski definition) is 0. The van der Waals surface area contributed by atoms with Crippen LogP contribution in [0.2, 0.25) is 0 Å². The zero-order valence-corrected chi connectivity index (χ0v) is 21.0. The van der Waals surface area contributed by atoms with Gasteiger partial charge in [-0.1, -0.05) is 45.9 Å². The van der Waals surface area contributed by atoms with E-state index in [1.165, 1.54) is 0 Å². The van der Waals surface area contributed by atoms with Crippen molar-refractivity contribution in [3.63, 3.8) is 0 Å². The predicted octanol–water partition coefficient (Wildman–Crippen LogP) is 6.40. The number of aromatic nitrogens is 2. The van der Waals surface area contributed by atoms with Gasteiger partial charge in [0.2, 0.25) is 0 Å². The quantitative estimate of drug-likeness (QED) is 0.297. The lowest BCUT2D eigenvalue weighted by molar-refractivity contribution is -0.0242. The molecule has 1 aromatic heterocycles. The fourth-order valence-electron chi connectivity index (χ4n) is 2.85. The van der Waals surface area contributed by atoms with Crippen LogP contribution in [0.25, 0.3) is 5.57 Å². The molecule has 30 heavy (non-hydrogen) atoms. The molecule has 1 unspecified atom stereocenters. The van der Waals surface area contributed by atoms with Crippen LogP contribution in [0.3, 0.4) is 0 Å². The molecule has 1 atom stereocenters. The van der Waals surface area contributed by atoms with Gasteiger partial charge in [-0.3, -0.25) is 9.36 Å². The summed E-state index contributed by atoms with van der Waals surface area (Å²) in [4.78, 5) is 17.9.